The Morgan fingerprint density at radius 3 is 2.44 bits per heavy atom. The zero-order valence-corrected chi connectivity index (χ0v) is 17.9. The molecule has 1 N–H and O–H groups in total. The standard InChI is InChI=1S/C23H17N3O5S/c1-13-3-5-15(6-4-13)25-22(28)19(21(27)24-23(25)32)12-17-8-10-20(31-17)18-9-7-16(26(29)30)11-14(18)2/h3-12H,1-2H3,(H,24,27,32). The van der Waals surface area contributed by atoms with Gasteiger partial charge in [-0.05, 0) is 68.0 Å². The number of thiocarbonyl (C=S) groups is 1. The minimum Gasteiger partial charge on any atom is -0.457 e. The van der Waals surface area contributed by atoms with Crippen molar-refractivity contribution in [2.45, 2.75) is 13.8 Å². The smallest absolute Gasteiger partial charge is 0.270 e. The summed E-state index contributed by atoms with van der Waals surface area (Å²) >= 11 is 5.20. The minimum absolute atomic E-state index is 0.00245. The van der Waals surface area contributed by atoms with Gasteiger partial charge in [0.1, 0.15) is 17.1 Å². The number of anilines is 1. The molecule has 4 rings (SSSR count). The number of hydrogen-bond donors (Lipinski definition) is 1. The fourth-order valence-corrected chi connectivity index (χ4v) is 3.62. The van der Waals surface area contributed by atoms with Crippen molar-refractivity contribution in [3.63, 3.8) is 0 Å². The zero-order valence-electron chi connectivity index (χ0n) is 17.1. The average Bonchev–Trinajstić information content (AvgIpc) is 3.20. The summed E-state index contributed by atoms with van der Waals surface area (Å²) in [6, 6.07) is 14.9. The maximum absolute atomic E-state index is 13.1. The zero-order chi connectivity index (χ0) is 23.0. The second kappa shape index (κ2) is 8.20. The summed E-state index contributed by atoms with van der Waals surface area (Å²) in [5.41, 5.74) is 2.75. The lowest BCUT2D eigenvalue weighted by Crippen LogP contribution is -2.54. The Morgan fingerprint density at radius 1 is 1.06 bits per heavy atom. The molecule has 1 saturated heterocycles. The van der Waals surface area contributed by atoms with E-state index in [0.717, 1.165) is 5.56 Å². The van der Waals surface area contributed by atoms with E-state index < -0.39 is 16.7 Å². The Balaban J connectivity index is 1.66. The molecule has 3 aromatic rings. The Morgan fingerprint density at radius 2 is 1.78 bits per heavy atom. The second-order valence-corrected chi connectivity index (χ2v) is 7.64. The summed E-state index contributed by atoms with van der Waals surface area (Å²) in [5, 5.41) is 13.5. The average molecular weight is 447 g/mol. The molecule has 32 heavy (non-hydrogen) atoms. The highest BCUT2D eigenvalue weighted by molar-refractivity contribution is 7.80. The van der Waals surface area contributed by atoms with Gasteiger partial charge in [0.2, 0.25) is 0 Å². The van der Waals surface area contributed by atoms with Crippen LogP contribution in [0.1, 0.15) is 16.9 Å². The van der Waals surface area contributed by atoms with Gasteiger partial charge in [0.25, 0.3) is 17.5 Å². The van der Waals surface area contributed by atoms with E-state index in [1.807, 2.05) is 19.1 Å². The number of rotatable bonds is 4. The number of furan rings is 1. The van der Waals surface area contributed by atoms with Gasteiger partial charge in [-0.1, -0.05) is 17.7 Å². The number of nitro groups is 1. The number of amides is 2. The molecule has 2 heterocycles. The van der Waals surface area contributed by atoms with Gasteiger partial charge in [-0.3, -0.25) is 29.9 Å². The van der Waals surface area contributed by atoms with E-state index in [1.54, 1.807) is 37.3 Å². The van der Waals surface area contributed by atoms with Gasteiger partial charge in [0.05, 0.1) is 10.6 Å². The number of benzene rings is 2. The third kappa shape index (κ3) is 3.93. The van der Waals surface area contributed by atoms with Gasteiger partial charge >= 0.3 is 0 Å². The van der Waals surface area contributed by atoms with Crippen LogP contribution in [0.25, 0.3) is 17.4 Å². The first-order chi connectivity index (χ1) is 15.2. The fourth-order valence-electron chi connectivity index (χ4n) is 3.34. The first-order valence-electron chi connectivity index (χ1n) is 9.58. The SMILES string of the molecule is Cc1ccc(N2C(=O)C(=Cc3ccc(-c4ccc([N+](=O)[O-])cc4C)o3)C(=O)NC2=S)cc1. The third-order valence-corrected chi connectivity index (χ3v) is 5.28. The molecule has 0 spiro atoms. The number of nitrogens with one attached hydrogen (secondary N) is 1. The van der Waals surface area contributed by atoms with Crippen LogP contribution in [0.4, 0.5) is 11.4 Å². The summed E-state index contributed by atoms with van der Waals surface area (Å²) in [7, 11) is 0. The van der Waals surface area contributed by atoms with Gasteiger partial charge in [-0.25, -0.2) is 0 Å². The topological polar surface area (TPSA) is 106 Å². The van der Waals surface area contributed by atoms with Crippen molar-refractivity contribution in [3.8, 4) is 11.3 Å². The van der Waals surface area contributed by atoms with E-state index in [0.29, 0.717) is 22.6 Å². The summed E-state index contributed by atoms with van der Waals surface area (Å²) in [4.78, 5) is 37.3. The predicted molar refractivity (Wildman–Crippen MR) is 123 cm³/mol. The van der Waals surface area contributed by atoms with Gasteiger partial charge < -0.3 is 4.42 Å². The van der Waals surface area contributed by atoms with E-state index in [-0.39, 0.29) is 22.1 Å². The molecule has 0 radical (unpaired) electrons. The van der Waals surface area contributed by atoms with Gasteiger partial charge in [-0.2, -0.15) is 0 Å². The van der Waals surface area contributed by atoms with Crippen LogP contribution in [-0.2, 0) is 9.59 Å². The lowest BCUT2D eigenvalue weighted by atomic mass is 10.1. The first kappa shape index (κ1) is 21.1. The highest BCUT2D eigenvalue weighted by Gasteiger charge is 2.34. The lowest BCUT2D eigenvalue weighted by molar-refractivity contribution is -0.384. The van der Waals surface area contributed by atoms with Crippen LogP contribution in [0.2, 0.25) is 0 Å². The van der Waals surface area contributed by atoms with Crippen LogP contribution in [0.3, 0.4) is 0 Å². The van der Waals surface area contributed by atoms with Crippen molar-refractivity contribution in [2.24, 2.45) is 0 Å². The third-order valence-electron chi connectivity index (χ3n) is 4.99. The van der Waals surface area contributed by atoms with E-state index >= 15 is 0 Å². The molecular formula is C23H17N3O5S. The van der Waals surface area contributed by atoms with Crippen LogP contribution in [0.15, 0.2) is 64.6 Å². The highest BCUT2D eigenvalue weighted by Crippen LogP contribution is 2.30. The monoisotopic (exact) mass is 447 g/mol. The predicted octanol–water partition coefficient (Wildman–Crippen LogP) is 4.30. The Hall–Kier alpha value is -4.11. The molecule has 0 bridgehead atoms. The number of non-ortho nitro benzene ring substituents is 1. The maximum atomic E-state index is 13.1. The van der Waals surface area contributed by atoms with E-state index in [1.165, 1.54) is 23.1 Å². The number of aryl methyl sites for hydroxylation is 2. The van der Waals surface area contributed by atoms with Crippen molar-refractivity contribution < 1.29 is 18.9 Å². The number of carbonyl (C=O) groups excluding carboxylic acids is 2. The van der Waals surface area contributed by atoms with Gasteiger partial charge in [0, 0.05) is 17.7 Å². The van der Waals surface area contributed by atoms with Gasteiger partial charge in [0.15, 0.2) is 5.11 Å². The molecule has 160 valence electrons. The van der Waals surface area contributed by atoms with Crippen molar-refractivity contribution >= 4 is 46.6 Å². The lowest BCUT2D eigenvalue weighted by Gasteiger charge is -2.28. The molecule has 2 aromatic carbocycles. The molecule has 1 aromatic heterocycles. The molecule has 0 unspecified atom stereocenters. The van der Waals surface area contributed by atoms with Crippen molar-refractivity contribution in [3.05, 3.63) is 87.2 Å². The number of hydrogen-bond acceptors (Lipinski definition) is 6. The van der Waals surface area contributed by atoms with Crippen LogP contribution >= 0.6 is 12.2 Å². The van der Waals surface area contributed by atoms with Crippen molar-refractivity contribution in [2.75, 3.05) is 4.90 Å². The molecule has 0 saturated carbocycles. The minimum atomic E-state index is -0.618. The Labute approximate surface area is 188 Å². The molecule has 1 fully saturated rings. The molecule has 8 nitrogen and oxygen atoms in total. The number of nitrogens with zero attached hydrogens (tertiary/aromatic N) is 2. The number of nitro benzene ring substituents is 1. The largest absolute Gasteiger partial charge is 0.457 e. The molecule has 0 atom stereocenters. The Bertz CT molecular complexity index is 1310. The van der Waals surface area contributed by atoms with Crippen LogP contribution < -0.4 is 10.2 Å². The fraction of sp³-hybridized carbons (Fsp3) is 0.0870. The normalized spacial score (nSPS) is 15.2. The van der Waals surface area contributed by atoms with Crippen molar-refractivity contribution in [1.29, 1.82) is 0 Å². The summed E-state index contributed by atoms with van der Waals surface area (Å²) in [6.07, 6.45) is 1.35. The van der Waals surface area contributed by atoms with Crippen LogP contribution in [0, 0.1) is 24.0 Å². The summed E-state index contributed by atoms with van der Waals surface area (Å²) in [6.45, 7) is 3.66. The Kier molecular flexibility index (Phi) is 5.41. The maximum Gasteiger partial charge on any atom is 0.270 e. The summed E-state index contributed by atoms with van der Waals surface area (Å²) < 4.78 is 5.80. The van der Waals surface area contributed by atoms with E-state index in [9.17, 15) is 19.7 Å². The molecule has 9 heteroatoms. The van der Waals surface area contributed by atoms with Crippen molar-refractivity contribution in [1.82, 2.24) is 5.32 Å². The number of carbonyl (C=O) groups is 2. The van der Waals surface area contributed by atoms with Crippen LogP contribution in [-0.4, -0.2) is 21.9 Å². The molecular weight excluding hydrogens is 430 g/mol. The van der Waals surface area contributed by atoms with Crippen LogP contribution in [0.5, 0.6) is 0 Å². The highest BCUT2D eigenvalue weighted by atomic mass is 32.1. The van der Waals surface area contributed by atoms with Gasteiger partial charge in [-0.15, -0.1) is 0 Å². The van der Waals surface area contributed by atoms with E-state index in [4.69, 9.17) is 16.6 Å². The summed E-state index contributed by atoms with van der Waals surface area (Å²) in [5.74, 6) is -0.438. The second-order valence-electron chi connectivity index (χ2n) is 7.25. The molecule has 1 aliphatic rings. The molecule has 1 aliphatic heterocycles. The molecule has 2 amide bonds. The first-order valence-corrected chi connectivity index (χ1v) is 9.99. The quantitative estimate of drug-likeness (QED) is 0.210. The molecule has 0 aliphatic carbocycles. The van der Waals surface area contributed by atoms with E-state index in [2.05, 4.69) is 5.32 Å².